The van der Waals surface area contributed by atoms with Crippen LogP contribution in [0.3, 0.4) is 0 Å². The molecule has 0 unspecified atom stereocenters. The molecule has 1 saturated heterocycles. The molecule has 0 aliphatic carbocycles. The number of rotatable bonds is 4. The highest BCUT2D eigenvalue weighted by molar-refractivity contribution is 8.14. The van der Waals surface area contributed by atoms with Gasteiger partial charge in [-0.25, -0.2) is 4.99 Å². The van der Waals surface area contributed by atoms with Crippen LogP contribution in [0.15, 0.2) is 47.5 Å². The quantitative estimate of drug-likeness (QED) is 0.793. The van der Waals surface area contributed by atoms with Crippen LogP contribution < -0.4 is 4.74 Å². The smallest absolute Gasteiger partial charge is 0.232 e. The van der Waals surface area contributed by atoms with Gasteiger partial charge in [-0.15, -0.1) is 0 Å². The minimum absolute atomic E-state index is 0.0496. The lowest BCUT2D eigenvalue weighted by atomic mass is 10.1. The van der Waals surface area contributed by atoms with Gasteiger partial charge >= 0.3 is 0 Å². The Morgan fingerprint density at radius 1 is 1.28 bits per heavy atom. The Morgan fingerprint density at radius 2 is 2.04 bits per heavy atom. The number of methoxy groups -OCH3 is 1. The molecule has 0 spiro atoms. The number of carbonyl (C=O) groups excluding carboxylic acids is 1. The van der Waals surface area contributed by atoms with Gasteiger partial charge in [-0.3, -0.25) is 9.69 Å². The zero-order valence-electron chi connectivity index (χ0n) is 14.2. The summed E-state index contributed by atoms with van der Waals surface area (Å²) < 4.78 is 5.15. The van der Waals surface area contributed by atoms with Crippen molar-refractivity contribution in [3.8, 4) is 5.75 Å². The summed E-state index contributed by atoms with van der Waals surface area (Å²) in [6, 6.07) is 13.2. The maximum absolute atomic E-state index is 12.7. The third kappa shape index (κ3) is 4.17. The second-order valence-electron chi connectivity index (χ2n) is 5.70. The lowest BCUT2D eigenvalue weighted by molar-refractivity contribution is -0.126. The minimum atomic E-state index is 0.0496. The number of amides is 1. The predicted octanol–water partition coefficient (Wildman–Crippen LogP) is 4.46. The fourth-order valence-electron chi connectivity index (χ4n) is 2.56. The average molecular weight is 375 g/mol. The number of hydrogen-bond acceptors (Lipinski definition) is 4. The van der Waals surface area contributed by atoms with Gasteiger partial charge in [0.15, 0.2) is 5.17 Å². The van der Waals surface area contributed by atoms with Gasteiger partial charge in [0.05, 0.1) is 19.2 Å². The van der Waals surface area contributed by atoms with Crippen molar-refractivity contribution in [2.24, 2.45) is 4.99 Å². The van der Waals surface area contributed by atoms with Gasteiger partial charge in [0.25, 0.3) is 0 Å². The van der Waals surface area contributed by atoms with Crippen molar-refractivity contribution in [2.75, 3.05) is 19.4 Å². The number of ether oxygens (including phenoxy) is 1. The Balaban J connectivity index is 1.77. The molecule has 0 bridgehead atoms. The molecule has 1 amide bonds. The lowest BCUT2D eigenvalue weighted by Gasteiger charge is -2.16. The molecule has 0 N–H and O–H groups in total. The monoisotopic (exact) mass is 374 g/mol. The Bertz CT molecular complexity index is 806. The number of halogens is 1. The molecule has 2 aromatic rings. The maximum atomic E-state index is 12.7. The molecule has 0 aromatic heterocycles. The standard InChI is InChI=1S/C19H19ClN2O2S/c1-13-16(20)4-3-5-17(13)21-19-22(10-11-25-19)18(23)12-14-6-8-15(24-2)9-7-14/h3-9H,10-12H2,1-2H3. The Morgan fingerprint density at radius 3 is 2.76 bits per heavy atom. The molecule has 1 aliphatic rings. The Labute approximate surface area is 156 Å². The van der Waals surface area contributed by atoms with Crippen molar-refractivity contribution in [3.63, 3.8) is 0 Å². The summed E-state index contributed by atoms with van der Waals surface area (Å²) >= 11 is 7.76. The zero-order chi connectivity index (χ0) is 17.8. The van der Waals surface area contributed by atoms with Gasteiger partial charge in [-0.2, -0.15) is 0 Å². The number of amidine groups is 1. The molecule has 25 heavy (non-hydrogen) atoms. The largest absolute Gasteiger partial charge is 0.497 e. The molecule has 3 rings (SSSR count). The van der Waals surface area contributed by atoms with Crippen LogP contribution >= 0.6 is 23.4 Å². The Kier molecular flexibility index (Phi) is 5.66. The summed E-state index contributed by atoms with van der Waals surface area (Å²) in [5.41, 5.74) is 2.69. The SMILES string of the molecule is COc1ccc(CC(=O)N2CCSC2=Nc2cccc(Cl)c2C)cc1. The van der Waals surface area contributed by atoms with Gasteiger partial charge in [-0.05, 0) is 42.3 Å². The van der Waals surface area contributed by atoms with Crippen molar-refractivity contribution < 1.29 is 9.53 Å². The second kappa shape index (κ2) is 7.93. The van der Waals surface area contributed by atoms with Gasteiger partial charge in [0, 0.05) is 17.3 Å². The summed E-state index contributed by atoms with van der Waals surface area (Å²) in [5, 5.41) is 1.42. The number of carbonyl (C=O) groups is 1. The molecule has 1 heterocycles. The van der Waals surface area contributed by atoms with E-state index in [1.54, 1.807) is 23.8 Å². The van der Waals surface area contributed by atoms with Gasteiger partial charge in [0.2, 0.25) is 5.91 Å². The zero-order valence-corrected chi connectivity index (χ0v) is 15.7. The van der Waals surface area contributed by atoms with Crippen LogP contribution in [0.4, 0.5) is 5.69 Å². The lowest BCUT2D eigenvalue weighted by Crippen LogP contribution is -2.32. The summed E-state index contributed by atoms with van der Waals surface area (Å²) in [4.78, 5) is 19.1. The molecule has 4 nitrogen and oxygen atoms in total. The van der Waals surface area contributed by atoms with Crippen LogP contribution in [0.2, 0.25) is 5.02 Å². The van der Waals surface area contributed by atoms with Gasteiger partial charge < -0.3 is 4.74 Å². The van der Waals surface area contributed by atoms with Crippen LogP contribution in [0, 0.1) is 6.92 Å². The van der Waals surface area contributed by atoms with Crippen molar-refractivity contribution >= 4 is 40.1 Å². The predicted molar refractivity (Wildman–Crippen MR) is 104 cm³/mol. The van der Waals surface area contributed by atoms with Crippen molar-refractivity contribution in [1.29, 1.82) is 0 Å². The number of thioether (sulfide) groups is 1. The minimum Gasteiger partial charge on any atom is -0.497 e. The van der Waals surface area contributed by atoms with E-state index in [1.807, 2.05) is 49.4 Å². The first-order valence-electron chi connectivity index (χ1n) is 7.98. The third-order valence-electron chi connectivity index (χ3n) is 4.05. The number of hydrogen-bond donors (Lipinski definition) is 0. The van der Waals surface area contributed by atoms with E-state index in [1.165, 1.54) is 0 Å². The van der Waals surface area contributed by atoms with E-state index >= 15 is 0 Å². The molecular formula is C19H19ClN2O2S. The molecule has 1 fully saturated rings. The summed E-state index contributed by atoms with van der Waals surface area (Å²) in [6.07, 6.45) is 0.345. The van der Waals surface area contributed by atoms with Crippen LogP contribution in [0.25, 0.3) is 0 Å². The Hall–Kier alpha value is -1.98. The summed E-state index contributed by atoms with van der Waals surface area (Å²) in [5.74, 6) is 1.69. The molecule has 6 heteroatoms. The molecule has 1 aliphatic heterocycles. The highest BCUT2D eigenvalue weighted by Crippen LogP contribution is 2.29. The molecular weight excluding hydrogens is 356 g/mol. The first kappa shape index (κ1) is 17.8. The summed E-state index contributed by atoms with van der Waals surface area (Å²) in [7, 11) is 1.63. The topological polar surface area (TPSA) is 41.9 Å². The van der Waals surface area contributed by atoms with Crippen molar-refractivity contribution in [2.45, 2.75) is 13.3 Å². The molecule has 0 saturated carbocycles. The van der Waals surface area contributed by atoms with E-state index < -0.39 is 0 Å². The van der Waals surface area contributed by atoms with E-state index in [0.29, 0.717) is 18.0 Å². The molecule has 2 aromatic carbocycles. The number of nitrogens with zero attached hydrogens (tertiary/aromatic N) is 2. The number of aliphatic imine (C=N–C) groups is 1. The fourth-order valence-corrected chi connectivity index (χ4v) is 3.70. The van der Waals surface area contributed by atoms with Crippen LogP contribution in [-0.2, 0) is 11.2 Å². The summed E-state index contributed by atoms with van der Waals surface area (Å²) in [6.45, 7) is 2.61. The van der Waals surface area contributed by atoms with Gasteiger partial charge in [0.1, 0.15) is 5.75 Å². The van der Waals surface area contributed by atoms with Crippen LogP contribution in [-0.4, -0.2) is 35.4 Å². The first-order chi connectivity index (χ1) is 12.1. The van der Waals surface area contributed by atoms with E-state index in [0.717, 1.165) is 33.5 Å². The van der Waals surface area contributed by atoms with Crippen molar-refractivity contribution in [3.05, 3.63) is 58.6 Å². The van der Waals surface area contributed by atoms with Crippen LogP contribution in [0.1, 0.15) is 11.1 Å². The van der Waals surface area contributed by atoms with E-state index in [2.05, 4.69) is 4.99 Å². The van der Waals surface area contributed by atoms with Crippen molar-refractivity contribution in [1.82, 2.24) is 4.90 Å². The first-order valence-corrected chi connectivity index (χ1v) is 9.34. The van der Waals surface area contributed by atoms with Gasteiger partial charge in [-0.1, -0.05) is 41.6 Å². The molecule has 0 atom stereocenters. The van der Waals surface area contributed by atoms with Crippen LogP contribution in [0.5, 0.6) is 5.75 Å². The van der Waals surface area contributed by atoms with E-state index in [9.17, 15) is 4.79 Å². The average Bonchev–Trinajstić information content (AvgIpc) is 3.08. The normalized spacial score (nSPS) is 15.6. The molecule has 130 valence electrons. The fraction of sp³-hybridized carbons (Fsp3) is 0.263. The maximum Gasteiger partial charge on any atom is 0.232 e. The van der Waals surface area contributed by atoms with E-state index in [-0.39, 0.29) is 5.91 Å². The number of benzene rings is 2. The van der Waals surface area contributed by atoms with E-state index in [4.69, 9.17) is 16.3 Å². The third-order valence-corrected chi connectivity index (χ3v) is 5.41. The molecule has 0 radical (unpaired) electrons. The highest BCUT2D eigenvalue weighted by atomic mass is 35.5. The highest BCUT2D eigenvalue weighted by Gasteiger charge is 2.26. The second-order valence-corrected chi connectivity index (χ2v) is 7.17.